The van der Waals surface area contributed by atoms with Crippen LogP contribution in [0.4, 0.5) is 0 Å². The molecule has 0 atom stereocenters. The number of ether oxygens (including phenoxy) is 1. The van der Waals surface area contributed by atoms with Crippen LogP contribution >= 0.6 is 24.8 Å². The van der Waals surface area contributed by atoms with Gasteiger partial charge in [-0.2, -0.15) is 0 Å². The van der Waals surface area contributed by atoms with Gasteiger partial charge >= 0.3 is 5.97 Å². The van der Waals surface area contributed by atoms with Crippen LogP contribution in [0.1, 0.15) is 38.5 Å². The molecule has 1 aliphatic rings. The van der Waals surface area contributed by atoms with Gasteiger partial charge in [0.05, 0.1) is 7.11 Å². The van der Waals surface area contributed by atoms with Gasteiger partial charge in [-0.3, -0.25) is 4.79 Å². The third-order valence-electron chi connectivity index (χ3n) is 3.48. The Balaban J connectivity index is 0. The molecular formula is C12H26Cl2N2O2. The molecule has 18 heavy (non-hydrogen) atoms. The van der Waals surface area contributed by atoms with E-state index in [0.717, 1.165) is 25.8 Å². The van der Waals surface area contributed by atoms with Crippen molar-refractivity contribution in [2.24, 2.45) is 5.73 Å². The number of methoxy groups -OCH3 is 1. The molecule has 0 aromatic rings. The Bertz CT molecular complexity index is 222. The Hall–Kier alpha value is -0.0300. The van der Waals surface area contributed by atoms with Crippen LogP contribution in [-0.4, -0.2) is 43.7 Å². The second-order valence-corrected chi connectivity index (χ2v) is 4.73. The fourth-order valence-corrected chi connectivity index (χ4v) is 2.30. The van der Waals surface area contributed by atoms with E-state index in [1.165, 1.54) is 20.0 Å². The molecule has 1 fully saturated rings. The number of nitrogens with zero attached hydrogens (tertiary/aromatic N) is 1. The fourth-order valence-electron chi connectivity index (χ4n) is 2.30. The van der Waals surface area contributed by atoms with E-state index in [-0.39, 0.29) is 30.8 Å². The Morgan fingerprint density at radius 1 is 1.28 bits per heavy atom. The van der Waals surface area contributed by atoms with Crippen molar-refractivity contribution in [3.8, 4) is 0 Å². The van der Waals surface area contributed by atoms with Gasteiger partial charge in [0.1, 0.15) is 0 Å². The van der Waals surface area contributed by atoms with Gasteiger partial charge in [-0.05, 0) is 45.7 Å². The van der Waals surface area contributed by atoms with E-state index in [2.05, 4.69) is 16.7 Å². The van der Waals surface area contributed by atoms with Crippen molar-refractivity contribution in [1.82, 2.24) is 4.90 Å². The first kappa shape index (κ1) is 20.3. The third kappa shape index (κ3) is 7.41. The van der Waals surface area contributed by atoms with Crippen LogP contribution in [-0.2, 0) is 9.53 Å². The predicted octanol–water partition coefficient (Wildman–Crippen LogP) is 1.98. The maximum Gasteiger partial charge on any atom is 0.305 e. The summed E-state index contributed by atoms with van der Waals surface area (Å²) >= 11 is 0. The number of hydrogen-bond acceptors (Lipinski definition) is 4. The monoisotopic (exact) mass is 300 g/mol. The average Bonchev–Trinajstić information content (AvgIpc) is 2.29. The van der Waals surface area contributed by atoms with Crippen LogP contribution in [0.25, 0.3) is 0 Å². The van der Waals surface area contributed by atoms with Crippen LogP contribution < -0.4 is 5.73 Å². The van der Waals surface area contributed by atoms with E-state index in [1.54, 1.807) is 0 Å². The Labute approximate surface area is 122 Å². The molecule has 4 nitrogen and oxygen atoms in total. The summed E-state index contributed by atoms with van der Waals surface area (Å²) in [5.41, 5.74) is 5.88. The maximum atomic E-state index is 11.0. The Morgan fingerprint density at radius 3 is 2.33 bits per heavy atom. The number of carbonyl (C=O) groups is 1. The van der Waals surface area contributed by atoms with Crippen molar-refractivity contribution in [3.05, 3.63) is 0 Å². The molecule has 0 amide bonds. The van der Waals surface area contributed by atoms with E-state index in [0.29, 0.717) is 18.5 Å². The third-order valence-corrected chi connectivity index (χ3v) is 3.48. The topological polar surface area (TPSA) is 55.6 Å². The quantitative estimate of drug-likeness (QED) is 0.789. The summed E-state index contributed by atoms with van der Waals surface area (Å²) in [6.45, 7) is 0.967. The Morgan fingerprint density at radius 2 is 1.83 bits per heavy atom. The summed E-state index contributed by atoms with van der Waals surface area (Å²) in [6.07, 6.45) is 6.04. The number of rotatable bonds is 5. The highest BCUT2D eigenvalue weighted by molar-refractivity contribution is 5.85. The van der Waals surface area contributed by atoms with Crippen molar-refractivity contribution >= 4 is 30.8 Å². The van der Waals surface area contributed by atoms with Gasteiger partial charge in [0.25, 0.3) is 0 Å². The lowest BCUT2D eigenvalue weighted by atomic mass is 9.91. The molecule has 0 aromatic heterocycles. The van der Waals surface area contributed by atoms with Gasteiger partial charge in [-0.1, -0.05) is 0 Å². The number of hydrogen-bond donors (Lipinski definition) is 1. The molecule has 1 rings (SSSR count). The zero-order valence-corrected chi connectivity index (χ0v) is 12.9. The van der Waals surface area contributed by atoms with Crippen LogP contribution in [0.5, 0.6) is 0 Å². The standard InChI is InChI=1S/C12H24N2O2.2ClH/c1-14(9-3-4-12(15)16-2)11-7-5-10(13)6-8-11;;/h10-11H,3-9,13H2,1-2H3;2*1H/t10-,11-;;. The predicted molar refractivity (Wildman–Crippen MR) is 78.6 cm³/mol. The molecule has 0 unspecified atom stereocenters. The van der Waals surface area contributed by atoms with E-state index in [9.17, 15) is 4.79 Å². The van der Waals surface area contributed by atoms with Crippen molar-refractivity contribution in [2.45, 2.75) is 50.6 Å². The SMILES string of the molecule is COC(=O)CCCN(C)[C@H]1CC[C@H](N)CC1.Cl.Cl. The Kier molecular flexibility index (Phi) is 12.2. The normalized spacial score (nSPS) is 22.9. The van der Waals surface area contributed by atoms with Gasteiger partial charge in [-0.15, -0.1) is 24.8 Å². The zero-order chi connectivity index (χ0) is 12.0. The molecule has 0 bridgehead atoms. The first-order valence-electron chi connectivity index (χ1n) is 6.16. The van der Waals surface area contributed by atoms with Crippen molar-refractivity contribution in [2.75, 3.05) is 20.7 Å². The molecule has 0 radical (unpaired) electrons. The van der Waals surface area contributed by atoms with Gasteiger partial charge < -0.3 is 15.4 Å². The molecule has 0 saturated heterocycles. The summed E-state index contributed by atoms with van der Waals surface area (Å²) < 4.78 is 4.62. The molecule has 0 heterocycles. The van der Waals surface area contributed by atoms with E-state index in [4.69, 9.17) is 5.73 Å². The van der Waals surface area contributed by atoms with Gasteiger partial charge in [0.2, 0.25) is 0 Å². The van der Waals surface area contributed by atoms with Crippen molar-refractivity contribution < 1.29 is 9.53 Å². The summed E-state index contributed by atoms with van der Waals surface area (Å²) in [5, 5.41) is 0. The molecule has 0 aromatic carbocycles. The van der Waals surface area contributed by atoms with Crippen LogP contribution in [0.15, 0.2) is 0 Å². The lowest BCUT2D eigenvalue weighted by molar-refractivity contribution is -0.140. The molecule has 110 valence electrons. The lowest BCUT2D eigenvalue weighted by Gasteiger charge is -2.33. The summed E-state index contributed by atoms with van der Waals surface area (Å²) in [7, 11) is 3.58. The highest BCUT2D eigenvalue weighted by atomic mass is 35.5. The highest BCUT2D eigenvalue weighted by Gasteiger charge is 2.21. The van der Waals surface area contributed by atoms with E-state index >= 15 is 0 Å². The summed E-state index contributed by atoms with van der Waals surface area (Å²) in [4.78, 5) is 13.3. The largest absolute Gasteiger partial charge is 0.469 e. The molecule has 0 spiro atoms. The fraction of sp³-hybridized carbons (Fsp3) is 0.917. The van der Waals surface area contributed by atoms with Gasteiger partial charge in [0.15, 0.2) is 0 Å². The maximum absolute atomic E-state index is 11.0. The molecular weight excluding hydrogens is 275 g/mol. The minimum absolute atomic E-state index is 0. The van der Waals surface area contributed by atoms with Crippen LogP contribution in [0.2, 0.25) is 0 Å². The second-order valence-electron chi connectivity index (χ2n) is 4.73. The zero-order valence-electron chi connectivity index (χ0n) is 11.3. The smallest absolute Gasteiger partial charge is 0.305 e. The number of nitrogens with two attached hydrogens (primary N) is 1. The van der Waals surface area contributed by atoms with Crippen molar-refractivity contribution in [3.63, 3.8) is 0 Å². The average molecular weight is 301 g/mol. The summed E-state index contributed by atoms with van der Waals surface area (Å²) in [6, 6.07) is 1.05. The first-order chi connectivity index (χ1) is 7.63. The van der Waals surface area contributed by atoms with Crippen LogP contribution in [0, 0.1) is 0 Å². The molecule has 6 heteroatoms. The minimum Gasteiger partial charge on any atom is -0.469 e. The molecule has 0 aliphatic heterocycles. The minimum atomic E-state index is -0.112. The van der Waals surface area contributed by atoms with Crippen LogP contribution in [0.3, 0.4) is 0 Å². The van der Waals surface area contributed by atoms with E-state index in [1.807, 2.05) is 0 Å². The molecule has 1 aliphatic carbocycles. The summed E-state index contributed by atoms with van der Waals surface area (Å²) in [5.74, 6) is -0.112. The highest BCUT2D eigenvalue weighted by Crippen LogP contribution is 2.21. The lowest BCUT2D eigenvalue weighted by Crippen LogP contribution is -2.39. The number of carbonyl (C=O) groups excluding carboxylic acids is 1. The van der Waals surface area contributed by atoms with E-state index < -0.39 is 0 Å². The van der Waals surface area contributed by atoms with Crippen molar-refractivity contribution in [1.29, 1.82) is 0 Å². The first-order valence-corrected chi connectivity index (χ1v) is 6.16. The van der Waals surface area contributed by atoms with Gasteiger partial charge in [-0.25, -0.2) is 0 Å². The number of halogens is 2. The van der Waals surface area contributed by atoms with Gasteiger partial charge in [0, 0.05) is 18.5 Å². The molecule has 2 N–H and O–H groups in total. The molecule has 1 saturated carbocycles. The second kappa shape index (κ2) is 10.9. The number of esters is 1.